The van der Waals surface area contributed by atoms with Crippen molar-refractivity contribution < 1.29 is 14.3 Å². The number of benzene rings is 1. The van der Waals surface area contributed by atoms with Crippen LogP contribution in [-0.2, 0) is 22.4 Å². The number of hydrogen-bond acceptors (Lipinski definition) is 3. The summed E-state index contributed by atoms with van der Waals surface area (Å²) in [6.07, 6.45) is 0.622. The molecule has 1 heterocycles. The molecule has 0 unspecified atom stereocenters. The van der Waals surface area contributed by atoms with Gasteiger partial charge in [0, 0.05) is 0 Å². The molecular formula is C13H15NO3. The Kier molecular flexibility index (Phi) is 3.42. The van der Waals surface area contributed by atoms with Gasteiger partial charge in [0.05, 0.1) is 13.0 Å². The molecule has 2 amide bonds. The third kappa shape index (κ3) is 2.46. The SMILES string of the molecule is CCc1ccccc1CC(=O)N1CCOC1=O. The van der Waals surface area contributed by atoms with Crippen LogP contribution in [0.1, 0.15) is 18.1 Å². The minimum Gasteiger partial charge on any atom is -0.447 e. The number of ether oxygens (including phenoxy) is 1. The van der Waals surface area contributed by atoms with Crippen molar-refractivity contribution in [3.8, 4) is 0 Å². The first-order valence-corrected chi connectivity index (χ1v) is 5.76. The molecule has 1 aromatic rings. The quantitative estimate of drug-likeness (QED) is 0.799. The highest BCUT2D eigenvalue weighted by molar-refractivity contribution is 5.94. The zero-order valence-corrected chi connectivity index (χ0v) is 9.81. The molecule has 0 bridgehead atoms. The molecule has 0 N–H and O–H groups in total. The molecule has 0 saturated carbocycles. The summed E-state index contributed by atoms with van der Waals surface area (Å²) in [6.45, 7) is 2.72. The molecule has 1 aromatic carbocycles. The second-order valence-electron chi connectivity index (χ2n) is 3.96. The van der Waals surface area contributed by atoms with Gasteiger partial charge in [-0.15, -0.1) is 0 Å². The Bertz CT molecular complexity index is 442. The van der Waals surface area contributed by atoms with Crippen molar-refractivity contribution in [2.24, 2.45) is 0 Å². The molecule has 1 saturated heterocycles. The molecule has 1 fully saturated rings. The van der Waals surface area contributed by atoms with Crippen molar-refractivity contribution in [2.75, 3.05) is 13.2 Å². The van der Waals surface area contributed by atoms with Crippen molar-refractivity contribution in [3.05, 3.63) is 35.4 Å². The number of nitrogens with zero attached hydrogens (tertiary/aromatic N) is 1. The maximum absolute atomic E-state index is 11.9. The van der Waals surface area contributed by atoms with Crippen LogP contribution in [0, 0.1) is 0 Å². The van der Waals surface area contributed by atoms with Crippen LogP contribution in [-0.4, -0.2) is 30.1 Å². The van der Waals surface area contributed by atoms with Crippen LogP contribution < -0.4 is 0 Å². The van der Waals surface area contributed by atoms with Crippen LogP contribution >= 0.6 is 0 Å². The molecule has 0 aromatic heterocycles. The van der Waals surface area contributed by atoms with Crippen LogP contribution in [0.25, 0.3) is 0 Å². The monoisotopic (exact) mass is 233 g/mol. The van der Waals surface area contributed by atoms with Gasteiger partial charge in [0.2, 0.25) is 5.91 Å². The van der Waals surface area contributed by atoms with Gasteiger partial charge in [0.1, 0.15) is 6.61 Å². The highest BCUT2D eigenvalue weighted by Crippen LogP contribution is 2.13. The third-order valence-corrected chi connectivity index (χ3v) is 2.90. The zero-order chi connectivity index (χ0) is 12.3. The molecule has 0 atom stereocenters. The Labute approximate surface area is 100 Å². The van der Waals surface area contributed by atoms with Crippen molar-refractivity contribution in [3.63, 3.8) is 0 Å². The summed E-state index contributed by atoms with van der Waals surface area (Å²) in [5.74, 6) is -0.187. The van der Waals surface area contributed by atoms with Gasteiger partial charge in [-0.05, 0) is 17.5 Å². The van der Waals surface area contributed by atoms with Crippen LogP contribution in [0.5, 0.6) is 0 Å². The van der Waals surface area contributed by atoms with E-state index in [1.54, 1.807) is 0 Å². The largest absolute Gasteiger partial charge is 0.447 e. The smallest absolute Gasteiger partial charge is 0.416 e. The molecule has 0 radical (unpaired) electrons. The van der Waals surface area contributed by atoms with Gasteiger partial charge >= 0.3 is 6.09 Å². The molecule has 4 heteroatoms. The Hall–Kier alpha value is -1.84. The lowest BCUT2D eigenvalue weighted by Gasteiger charge is -2.12. The van der Waals surface area contributed by atoms with Gasteiger partial charge in [-0.3, -0.25) is 4.79 Å². The van der Waals surface area contributed by atoms with E-state index in [1.807, 2.05) is 31.2 Å². The van der Waals surface area contributed by atoms with Crippen molar-refractivity contribution in [1.29, 1.82) is 0 Å². The minimum absolute atomic E-state index is 0.187. The lowest BCUT2D eigenvalue weighted by Crippen LogP contribution is -2.33. The summed E-state index contributed by atoms with van der Waals surface area (Å²) in [5.41, 5.74) is 2.13. The van der Waals surface area contributed by atoms with E-state index in [1.165, 1.54) is 4.90 Å². The van der Waals surface area contributed by atoms with E-state index >= 15 is 0 Å². The Morgan fingerprint density at radius 2 is 2.06 bits per heavy atom. The average Bonchev–Trinajstić information content (AvgIpc) is 2.76. The van der Waals surface area contributed by atoms with Gasteiger partial charge in [0.25, 0.3) is 0 Å². The Morgan fingerprint density at radius 1 is 1.35 bits per heavy atom. The van der Waals surface area contributed by atoms with Gasteiger partial charge in [-0.1, -0.05) is 31.2 Å². The van der Waals surface area contributed by atoms with E-state index in [-0.39, 0.29) is 12.3 Å². The summed E-state index contributed by atoms with van der Waals surface area (Å²) in [4.78, 5) is 24.3. The van der Waals surface area contributed by atoms with E-state index in [0.29, 0.717) is 13.2 Å². The van der Waals surface area contributed by atoms with E-state index in [0.717, 1.165) is 17.5 Å². The zero-order valence-electron chi connectivity index (χ0n) is 9.81. The molecular weight excluding hydrogens is 218 g/mol. The van der Waals surface area contributed by atoms with Crippen molar-refractivity contribution in [1.82, 2.24) is 4.90 Å². The fourth-order valence-electron chi connectivity index (χ4n) is 1.95. The number of carbonyl (C=O) groups excluding carboxylic acids is 2. The fourth-order valence-corrected chi connectivity index (χ4v) is 1.95. The first kappa shape index (κ1) is 11.6. The highest BCUT2D eigenvalue weighted by atomic mass is 16.6. The number of hydrogen-bond donors (Lipinski definition) is 0. The number of aryl methyl sites for hydroxylation is 1. The maximum Gasteiger partial charge on any atom is 0.416 e. The number of rotatable bonds is 3. The summed E-state index contributed by atoms with van der Waals surface area (Å²) in [5, 5.41) is 0. The average molecular weight is 233 g/mol. The number of cyclic esters (lactones) is 1. The second kappa shape index (κ2) is 4.99. The van der Waals surface area contributed by atoms with Gasteiger partial charge < -0.3 is 4.74 Å². The summed E-state index contributed by atoms with van der Waals surface area (Å²) >= 11 is 0. The lowest BCUT2D eigenvalue weighted by atomic mass is 10.0. The predicted octanol–water partition coefficient (Wildman–Crippen LogP) is 1.77. The topological polar surface area (TPSA) is 46.6 Å². The molecule has 0 aliphatic carbocycles. The number of carbonyl (C=O) groups is 2. The summed E-state index contributed by atoms with van der Waals surface area (Å²) in [6, 6.07) is 7.80. The molecule has 2 rings (SSSR count). The Balaban J connectivity index is 2.10. The van der Waals surface area contributed by atoms with Crippen LogP contribution in [0.15, 0.2) is 24.3 Å². The van der Waals surface area contributed by atoms with Crippen LogP contribution in [0.3, 0.4) is 0 Å². The maximum atomic E-state index is 11.9. The second-order valence-corrected chi connectivity index (χ2v) is 3.96. The normalized spacial score (nSPS) is 14.9. The van der Waals surface area contributed by atoms with Crippen molar-refractivity contribution >= 4 is 12.0 Å². The van der Waals surface area contributed by atoms with E-state index in [4.69, 9.17) is 4.74 Å². The summed E-state index contributed by atoms with van der Waals surface area (Å²) in [7, 11) is 0. The fraction of sp³-hybridized carbons (Fsp3) is 0.385. The van der Waals surface area contributed by atoms with Gasteiger partial charge in [-0.25, -0.2) is 9.69 Å². The summed E-state index contributed by atoms with van der Waals surface area (Å²) < 4.78 is 4.75. The highest BCUT2D eigenvalue weighted by Gasteiger charge is 2.28. The minimum atomic E-state index is -0.524. The third-order valence-electron chi connectivity index (χ3n) is 2.90. The van der Waals surface area contributed by atoms with E-state index < -0.39 is 6.09 Å². The van der Waals surface area contributed by atoms with Gasteiger partial charge in [0.15, 0.2) is 0 Å². The first-order chi connectivity index (χ1) is 8.22. The molecule has 1 aliphatic heterocycles. The van der Waals surface area contributed by atoms with Gasteiger partial charge in [-0.2, -0.15) is 0 Å². The standard InChI is InChI=1S/C13H15NO3/c1-2-10-5-3-4-6-11(10)9-12(15)14-7-8-17-13(14)16/h3-6H,2,7-9H2,1H3. The molecule has 1 aliphatic rings. The van der Waals surface area contributed by atoms with Crippen LogP contribution in [0.4, 0.5) is 4.79 Å². The van der Waals surface area contributed by atoms with Crippen molar-refractivity contribution in [2.45, 2.75) is 19.8 Å². The molecule has 17 heavy (non-hydrogen) atoms. The van der Waals surface area contributed by atoms with E-state index in [2.05, 4.69) is 0 Å². The first-order valence-electron chi connectivity index (χ1n) is 5.76. The predicted molar refractivity (Wildman–Crippen MR) is 62.6 cm³/mol. The molecule has 0 spiro atoms. The Morgan fingerprint density at radius 3 is 2.65 bits per heavy atom. The van der Waals surface area contributed by atoms with E-state index in [9.17, 15) is 9.59 Å². The molecule has 90 valence electrons. The van der Waals surface area contributed by atoms with Crippen LogP contribution in [0.2, 0.25) is 0 Å². The molecule has 4 nitrogen and oxygen atoms in total. The number of imide groups is 1. The number of amides is 2. The lowest BCUT2D eigenvalue weighted by molar-refractivity contribution is -0.127.